The Morgan fingerprint density at radius 3 is 2.57 bits per heavy atom. The SMILES string of the molecule is O=[N+]([O-])c1cc(F)c(I)c(C(F)F)n1. The van der Waals surface area contributed by atoms with Crippen LogP contribution in [0.2, 0.25) is 0 Å². The molecule has 0 saturated heterocycles. The van der Waals surface area contributed by atoms with E-state index in [0.717, 1.165) is 0 Å². The Balaban J connectivity index is 3.35. The fourth-order valence-corrected chi connectivity index (χ4v) is 1.25. The van der Waals surface area contributed by atoms with Gasteiger partial charge in [-0.05, 0) is 32.5 Å². The average Bonchev–Trinajstić information content (AvgIpc) is 2.08. The van der Waals surface area contributed by atoms with Crippen molar-refractivity contribution in [1.29, 1.82) is 0 Å². The fourth-order valence-electron chi connectivity index (χ4n) is 0.742. The molecule has 0 aromatic carbocycles. The van der Waals surface area contributed by atoms with Crippen molar-refractivity contribution in [3.8, 4) is 0 Å². The summed E-state index contributed by atoms with van der Waals surface area (Å²) in [6.45, 7) is 0. The van der Waals surface area contributed by atoms with Crippen molar-refractivity contribution < 1.29 is 18.1 Å². The van der Waals surface area contributed by atoms with Crippen LogP contribution >= 0.6 is 22.6 Å². The predicted molar refractivity (Wildman–Crippen MR) is 48.5 cm³/mol. The Morgan fingerprint density at radius 2 is 2.14 bits per heavy atom. The highest BCUT2D eigenvalue weighted by molar-refractivity contribution is 14.1. The zero-order chi connectivity index (χ0) is 10.9. The van der Waals surface area contributed by atoms with Crippen molar-refractivity contribution in [2.24, 2.45) is 0 Å². The van der Waals surface area contributed by atoms with Gasteiger partial charge in [-0.25, -0.2) is 13.2 Å². The number of hydrogen-bond donors (Lipinski definition) is 0. The van der Waals surface area contributed by atoms with Gasteiger partial charge in [0.15, 0.2) is 0 Å². The third-order valence-electron chi connectivity index (χ3n) is 1.32. The summed E-state index contributed by atoms with van der Waals surface area (Å²) in [5, 5.41) is 10.2. The molecule has 0 radical (unpaired) electrons. The van der Waals surface area contributed by atoms with Gasteiger partial charge in [0.1, 0.15) is 9.39 Å². The summed E-state index contributed by atoms with van der Waals surface area (Å²) < 4.78 is 36.9. The van der Waals surface area contributed by atoms with E-state index in [-0.39, 0.29) is 0 Å². The molecule has 0 N–H and O–H groups in total. The van der Waals surface area contributed by atoms with Crippen LogP contribution in [0.15, 0.2) is 6.07 Å². The summed E-state index contributed by atoms with van der Waals surface area (Å²) in [7, 11) is 0. The molecule has 0 saturated carbocycles. The van der Waals surface area contributed by atoms with Gasteiger partial charge in [-0.3, -0.25) is 0 Å². The maximum absolute atomic E-state index is 12.9. The van der Waals surface area contributed by atoms with Crippen LogP contribution in [0.3, 0.4) is 0 Å². The summed E-state index contributed by atoms with van der Waals surface area (Å²) in [6, 6.07) is 0.508. The normalized spacial score (nSPS) is 10.6. The van der Waals surface area contributed by atoms with Gasteiger partial charge < -0.3 is 10.1 Å². The lowest BCUT2D eigenvalue weighted by Gasteiger charge is -1.99. The number of pyridine rings is 1. The Kier molecular flexibility index (Phi) is 3.24. The van der Waals surface area contributed by atoms with E-state index < -0.39 is 32.2 Å². The van der Waals surface area contributed by atoms with Crippen LogP contribution in [0.5, 0.6) is 0 Å². The largest absolute Gasteiger partial charge is 0.366 e. The molecule has 1 heterocycles. The van der Waals surface area contributed by atoms with Gasteiger partial charge in [0.25, 0.3) is 0 Å². The van der Waals surface area contributed by atoms with Crippen LogP contribution in [0.4, 0.5) is 19.0 Å². The molecule has 1 rings (SSSR count). The highest BCUT2D eigenvalue weighted by Crippen LogP contribution is 2.27. The first-order valence-electron chi connectivity index (χ1n) is 3.22. The van der Waals surface area contributed by atoms with Gasteiger partial charge in [0.2, 0.25) is 5.69 Å². The number of hydrogen-bond acceptors (Lipinski definition) is 3. The van der Waals surface area contributed by atoms with E-state index >= 15 is 0 Å². The van der Waals surface area contributed by atoms with Gasteiger partial charge in [0, 0.05) is 0 Å². The van der Waals surface area contributed by atoms with Crippen molar-refractivity contribution in [3.63, 3.8) is 0 Å². The lowest BCUT2D eigenvalue weighted by Crippen LogP contribution is -2.02. The third-order valence-corrected chi connectivity index (χ3v) is 2.39. The maximum Gasteiger partial charge on any atom is 0.366 e. The van der Waals surface area contributed by atoms with E-state index in [1.165, 1.54) is 22.6 Å². The molecule has 8 heteroatoms. The van der Waals surface area contributed by atoms with E-state index in [2.05, 4.69) is 4.98 Å². The number of rotatable bonds is 2. The summed E-state index contributed by atoms with van der Waals surface area (Å²) in [6.07, 6.45) is -3.03. The molecule has 0 unspecified atom stereocenters. The summed E-state index contributed by atoms with van der Waals surface area (Å²) in [4.78, 5) is 12.2. The van der Waals surface area contributed by atoms with Crippen molar-refractivity contribution in [2.75, 3.05) is 0 Å². The Labute approximate surface area is 89.4 Å². The lowest BCUT2D eigenvalue weighted by atomic mass is 10.3. The molecule has 0 atom stereocenters. The van der Waals surface area contributed by atoms with E-state index in [1.54, 1.807) is 0 Å². The fraction of sp³-hybridized carbons (Fsp3) is 0.167. The number of alkyl halides is 2. The second kappa shape index (κ2) is 4.07. The number of aromatic nitrogens is 1. The van der Waals surface area contributed by atoms with Gasteiger partial charge in [-0.2, -0.15) is 0 Å². The monoisotopic (exact) mass is 318 g/mol. The van der Waals surface area contributed by atoms with Crippen LogP contribution in [-0.2, 0) is 0 Å². The first kappa shape index (κ1) is 11.1. The Bertz CT molecular complexity index is 386. The minimum absolute atomic E-state index is 0.400. The standard InChI is InChI=1S/C6H2F3IN2O2/c7-2-1-3(12(13)14)11-5(4(2)10)6(8)9/h1,6H. The molecule has 0 bridgehead atoms. The van der Waals surface area contributed by atoms with Crippen LogP contribution in [-0.4, -0.2) is 9.91 Å². The first-order chi connectivity index (χ1) is 6.43. The van der Waals surface area contributed by atoms with Crippen molar-refractivity contribution in [3.05, 3.63) is 31.3 Å². The Hall–Kier alpha value is -0.930. The van der Waals surface area contributed by atoms with Gasteiger partial charge in [-0.1, -0.05) is 0 Å². The van der Waals surface area contributed by atoms with E-state index in [1.807, 2.05) is 0 Å². The molecular formula is C6H2F3IN2O2. The summed E-state index contributed by atoms with van der Waals surface area (Å²) >= 11 is 1.32. The van der Waals surface area contributed by atoms with E-state index in [9.17, 15) is 23.3 Å². The Morgan fingerprint density at radius 1 is 1.57 bits per heavy atom. The van der Waals surface area contributed by atoms with E-state index in [0.29, 0.717) is 6.07 Å². The topological polar surface area (TPSA) is 56.0 Å². The van der Waals surface area contributed by atoms with E-state index in [4.69, 9.17) is 0 Å². The predicted octanol–water partition coefficient (Wildman–Crippen LogP) is 2.67. The maximum atomic E-state index is 12.9. The smallest absolute Gasteiger partial charge is 0.358 e. The average molecular weight is 318 g/mol. The highest BCUT2D eigenvalue weighted by atomic mass is 127. The molecule has 0 aliphatic carbocycles. The first-order valence-corrected chi connectivity index (χ1v) is 4.30. The van der Waals surface area contributed by atoms with Crippen molar-refractivity contribution >= 4 is 28.4 Å². The quantitative estimate of drug-likeness (QED) is 0.478. The molecule has 4 nitrogen and oxygen atoms in total. The third kappa shape index (κ3) is 2.11. The zero-order valence-electron chi connectivity index (χ0n) is 6.38. The molecule has 1 aromatic heterocycles. The molecule has 0 fully saturated rings. The minimum Gasteiger partial charge on any atom is -0.358 e. The number of halogens is 4. The van der Waals surface area contributed by atoms with Crippen LogP contribution in [0.25, 0.3) is 0 Å². The molecule has 14 heavy (non-hydrogen) atoms. The second-order valence-corrected chi connectivity index (χ2v) is 3.30. The highest BCUT2D eigenvalue weighted by Gasteiger charge is 2.25. The van der Waals surface area contributed by atoms with Gasteiger partial charge in [0.05, 0.1) is 6.07 Å². The van der Waals surface area contributed by atoms with Crippen molar-refractivity contribution in [1.82, 2.24) is 4.98 Å². The van der Waals surface area contributed by atoms with Crippen molar-refractivity contribution in [2.45, 2.75) is 6.43 Å². The molecule has 1 aromatic rings. The van der Waals surface area contributed by atoms with Gasteiger partial charge >= 0.3 is 12.2 Å². The van der Waals surface area contributed by atoms with Crippen LogP contribution < -0.4 is 0 Å². The lowest BCUT2D eigenvalue weighted by molar-refractivity contribution is -0.390. The molecule has 0 spiro atoms. The molecule has 0 aliphatic rings. The molecular weight excluding hydrogens is 316 g/mol. The summed E-state index contributed by atoms with van der Waals surface area (Å²) in [5.41, 5.74) is -0.905. The number of nitro groups is 1. The van der Waals surface area contributed by atoms with Crippen LogP contribution in [0, 0.1) is 19.5 Å². The molecule has 0 amide bonds. The zero-order valence-corrected chi connectivity index (χ0v) is 8.53. The summed E-state index contributed by atoms with van der Waals surface area (Å²) in [5.74, 6) is -1.99. The minimum atomic E-state index is -3.03. The second-order valence-electron chi connectivity index (χ2n) is 2.22. The van der Waals surface area contributed by atoms with Gasteiger partial charge in [-0.15, -0.1) is 0 Å². The molecule has 0 aliphatic heterocycles. The van der Waals surface area contributed by atoms with Crippen LogP contribution in [0.1, 0.15) is 12.1 Å². The number of nitrogens with zero attached hydrogens (tertiary/aromatic N) is 2. The molecule has 76 valence electrons.